The third-order valence-corrected chi connectivity index (χ3v) is 2.32. The second-order valence-corrected chi connectivity index (χ2v) is 3.65. The summed E-state index contributed by atoms with van der Waals surface area (Å²) in [6.07, 6.45) is 0. The fourth-order valence-corrected chi connectivity index (χ4v) is 1.41. The van der Waals surface area contributed by atoms with Crippen LogP contribution in [0.4, 0.5) is 0 Å². The molecule has 0 spiro atoms. The first-order valence-corrected chi connectivity index (χ1v) is 6.03. The fraction of sp³-hybridized carbons (Fsp3) is 0.462. The Balaban J connectivity index is 2.29. The lowest BCUT2D eigenvalue weighted by Gasteiger charge is -2.10. The Bertz CT molecular complexity index is 369. The largest absolute Gasteiger partial charge is 0.483 e. The molecule has 0 saturated heterocycles. The average molecular weight is 252 g/mol. The van der Waals surface area contributed by atoms with Gasteiger partial charge in [-0.25, -0.2) is 0 Å². The molecule has 0 radical (unpaired) electrons. The van der Waals surface area contributed by atoms with Crippen LogP contribution in [-0.4, -0.2) is 32.3 Å². The maximum atomic E-state index is 11.5. The zero-order chi connectivity index (χ0) is 13.2. The van der Waals surface area contributed by atoms with Crippen LogP contribution in [0.15, 0.2) is 24.3 Å². The SMILES string of the molecule is CCOCCNC(=O)COc1ccccc1CN. The lowest BCUT2D eigenvalue weighted by Crippen LogP contribution is -2.31. The minimum Gasteiger partial charge on any atom is -0.483 e. The van der Waals surface area contributed by atoms with Crippen molar-refractivity contribution >= 4 is 5.91 Å². The molecule has 0 unspecified atom stereocenters. The molecule has 0 saturated carbocycles. The van der Waals surface area contributed by atoms with Crippen molar-refractivity contribution in [2.24, 2.45) is 5.73 Å². The molecule has 1 aromatic rings. The summed E-state index contributed by atoms with van der Waals surface area (Å²) in [6.45, 7) is 3.95. The molecule has 1 rings (SSSR count). The van der Waals surface area contributed by atoms with E-state index in [1.807, 2.05) is 25.1 Å². The molecule has 0 bridgehead atoms. The molecular weight excluding hydrogens is 232 g/mol. The van der Waals surface area contributed by atoms with E-state index in [1.165, 1.54) is 0 Å². The Hall–Kier alpha value is -1.59. The Morgan fingerprint density at radius 1 is 1.39 bits per heavy atom. The van der Waals surface area contributed by atoms with E-state index in [9.17, 15) is 4.79 Å². The molecule has 0 aliphatic heterocycles. The van der Waals surface area contributed by atoms with E-state index < -0.39 is 0 Å². The highest BCUT2D eigenvalue weighted by atomic mass is 16.5. The van der Waals surface area contributed by atoms with Crippen LogP contribution in [0.5, 0.6) is 5.75 Å². The highest BCUT2D eigenvalue weighted by molar-refractivity contribution is 5.77. The topological polar surface area (TPSA) is 73.6 Å². The van der Waals surface area contributed by atoms with Crippen LogP contribution in [0.1, 0.15) is 12.5 Å². The first-order valence-electron chi connectivity index (χ1n) is 6.03. The van der Waals surface area contributed by atoms with Gasteiger partial charge in [0.25, 0.3) is 5.91 Å². The molecule has 5 heteroatoms. The van der Waals surface area contributed by atoms with Crippen molar-refractivity contribution in [1.29, 1.82) is 0 Å². The number of hydrogen-bond acceptors (Lipinski definition) is 4. The van der Waals surface area contributed by atoms with Crippen LogP contribution in [0.2, 0.25) is 0 Å². The second kappa shape index (κ2) is 8.49. The molecule has 0 aliphatic rings. The zero-order valence-electron chi connectivity index (χ0n) is 10.6. The van der Waals surface area contributed by atoms with E-state index in [0.29, 0.717) is 32.1 Å². The first kappa shape index (κ1) is 14.5. The number of amides is 1. The van der Waals surface area contributed by atoms with E-state index >= 15 is 0 Å². The van der Waals surface area contributed by atoms with Gasteiger partial charge in [0, 0.05) is 25.3 Å². The van der Waals surface area contributed by atoms with E-state index in [1.54, 1.807) is 6.07 Å². The summed E-state index contributed by atoms with van der Waals surface area (Å²) in [6, 6.07) is 7.41. The van der Waals surface area contributed by atoms with Gasteiger partial charge >= 0.3 is 0 Å². The van der Waals surface area contributed by atoms with Gasteiger partial charge in [-0.05, 0) is 13.0 Å². The van der Waals surface area contributed by atoms with Gasteiger partial charge in [-0.2, -0.15) is 0 Å². The van der Waals surface area contributed by atoms with Crippen molar-refractivity contribution in [2.45, 2.75) is 13.5 Å². The second-order valence-electron chi connectivity index (χ2n) is 3.65. The van der Waals surface area contributed by atoms with Crippen LogP contribution in [-0.2, 0) is 16.1 Å². The maximum absolute atomic E-state index is 11.5. The van der Waals surface area contributed by atoms with Gasteiger partial charge < -0.3 is 20.5 Å². The van der Waals surface area contributed by atoms with Crippen molar-refractivity contribution < 1.29 is 14.3 Å². The molecule has 0 aliphatic carbocycles. The number of rotatable bonds is 8. The number of nitrogens with one attached hydrogen (secondary N) is 1. The van der Waals surface area contributed by atoms with Gasteiger partial charge in [-0.3, -0.25) is 4.79 Å². The summed E-state index contributed by atoms with van der Waals surface area (Å²) in [7, 11) is 0. The number of para-hydroxylation sites is 1. The average Bonchev–Trinajstić information content (AvgIpc) is 2.41. The Kier molecular flexibility index (Phi) is 6.83. The monoisotopic (exact) mass is 252 g/mol. The van der Waals surface area contributed by atoms with Crippen molar-refractivity contribution in [3.05, 3.63) is 29.8 Å². The molecule has 1 aromatic carbocycles. The predicted molar refractivity (Wildman–Crippen MR) is 69.3 cm³/mol. The Morgan fingerprint density at radius 3 is 2.89 bits per heavy atom. The normalized spacial score (nSPS) is 10.1. The molecular formula is C13H20N2O3. The number of benzene rings is 1. The minimum atomic E-state index is -0.165. The highest BCUT2D eigenvalue weighted by Gasteiger charge is 2.04. The molecule has 0 aromatic heterocycles. The van der Waals surface area contributed by atoms with Gasteiger partial charge in [0.15, 0.2) is 6.61 Å². The first-order chi connectivity index (χ1) is 8.77. The number of carbonyl (C=O) groups excluding carboxylic acids is 1. The molecule has 0 atom stereocenters. The van der Waals surface area contributed by atoms with E-state index in [-0.39, 0.29) is 12.5 Å². The highest BCUT2D eigenvalue weighted by Crippen LogP contribution is 2.16. The zero-order valence-corrected chi connectivity index (χ0v) is 10.6. The third-order valence-electron chi connectivity index (χ3n) is 2.32. The van der Waals surface area contributed by atoms with Crippen molar-refractivity contribution in [2.75, 3.05) is 26.4 Å². The quantitative estimate of drug-likeness (QED) is 0.667. The number of nitrogens with two attached hydrogens (primary N) is 1. The van der Waals surface area contributed by atoms with Gasteiger partial charge in [-0.15, -0.1) is 0 Å². The minimum absolute atomic E-state index is 0.0108. The van der Waals surface area contributed by atoms with Crippen molar-refractivity contribution in [1.82, 2.24) is 5.32 Å². The summed E-state index contributed by atoms with van der Waals surface area (Å²) in [4.78, 5) is 11.5. The maximum Gasteiger partial charge on any atom is 0.258 e. The van der Waals surface area contributed by atoms with E-state index in [0.717, 1.165) is 5.56 Å². The van der Waals surface area contributed by atoms with Crippen molar-refractivity contribution in [3.8, 4) is 5.75 Å². The Morgan fingerprint density at radius 2 is 2.17 bits per heavy atom. The van der Waals surface area contributed by atoms with Crippen LogP contribution >= 0.6 is 0 Å². The molecule has 3 N–H and O–H groups in total. The standard InChI is InChI=1S/C13H20N2O3/c1-2-17-8-7-15-13(16)10-18-12-6-4-3-5-11(12)9-14/h3-6H,2,7-10,14H2,1H3,(H,15,16). The number of carbonyl (C=O) groups is 1. The van der Waals surface area contributed by atoms with Crippen LogP contribution in [0.3, 0.4) is 0 Å². The van der Waals surface area contributed by atoms with Crippen LogP contribution in [0, 0.1) is 0 Å². The number of ether oxygens (including phenoxy) is 2. The molecule has 100 valence electrons. The molecule has 1 amide bonds. The number of hydrogen-bond donors (Lipinski definition) is 2. The smallest absolute Gasteiger partial charge is 0.258 e. The lowest BCUT2D eigenvalue weighted by molar-refractivity contribution is -0.123. The summed E-state index contributed by atoms with van der Waals surface area (Å²) >= 11 is 0. The predicted octanol–water partition coefficient (Wildman–Crippen LogP) is 0.677. The summed E-state index contributed by atoms with van der Waals surface area (Å²) in [5, 5.41) is 2.71. The van der Waals surface area contributed by atoms with Crippen molar-refractivity contribution in [3.63, 3.8) is 0 Å². The van der Waals surface area contributed by atoms with Gasteiger partial charge in [0.2, 0.25) is 0 Å². The molecule has 18 heavy (non-hydrogen) atoms. The molecule has 5 nitrogen and oxygen atoms in total. The van der Waals surface area contributed by atoms with Gasteiger partial charge in [0.1, 0.15) is 5.75 Å². The third kappa shape index (κ3) is 5.16. The fourth-order valence-electron chi connectivity index (χ4n) is 1.41. The van der Waals surface area contributed by atoms with Crippen LogP contribution in [0.25, 0.3) is 0 Å². The molecule has 0 heterocycles. The Labute approximate surface area is 107 Å². The molecule has 0 fully saturated rings. The lowest BCUT2D eigenvalue weighted by atomic mass is 10.2. The van der Waals surface area contributed by atoms with Crippen LogP contribution < -0.4 is 15.8 Å². The summed E-state index contributed by atoms with van der Waals surface area (Å²) < 4.78 is 10.5. The van der Waals surface area contributed by atoms with Gasteiger partial charge in [0.05, 0.1) is 6.61 Å². The van der Waals surface area contributed by atoms with Gasteiger partial charge in [-0.1, -0.05) is 18.2 Å². The van der Waals surface area contributed by atoms with E-state index in [4.69, 9.17) is 15.2 Å². The summed E-state index contributed by atoms with van der Waals surface area (Å²) in [5.74, 6) is 0.487. The van der Waals surface area contributed by atoms with E-state index in [2.05, 4.69) is 5.32 Å². The summed E-state index contributed by atoms with van der Waals surface area (Å²) in [5.41, 5.74) is 6.46.